The molecular formula is C16H24N2. The SMILES string of the molecule is CCC1CCN(c2ccc3c(c2)NCCC3)CC1. The first-order valence-corrected chi connectivity index (χ1v) is 7.48. The number of piperidine rings is 1. The minimum atomic E-state index is 0.956. The summed E-state index contributed by atoms with van der Waals surface area (Å²) in [7, 11) is 0. The molecule has 2 heterocycles. The van der Waals surface area contributed by atoms with Crippen LogP contribution < -0.4 is 10.2 Å². The average molecular weight is 244 g/mol. The Morgan fingerprint density at radius 3 is 2.89 bits per heavy atom. The van der Waals surface area contributed by atoms with Crippen molar-refractivity contribution < 1.29 is 0 Å². The number of fused-ring (bicyclic) bond motifs is 1. The molecule has 1 N–H and O–H groups in total. The summed E-state index contributed by atoms with van der Waals surface area (Å²) in [6.45, 7) is 5.92. The van der Waals surface area contributed by atoms with E-state index >= 15 is 0 Å². The van der Waals surface area contributed by atoms with Crippen molar-refractivity contribution in [2.45, 2.75) is 39.0 Å². The summed E-state index contributed by atoms with van der Waals surface area (Å²) >= 11 is 0. The van der Waals surface area contributed by atoms with Gasteiger partial charge in [-0.25, -0.2) is 0 Å². The molecule has 2 aliphatic heterocycles. The van der Waals surface area contributed by atoms with Gasteiger partial charge in [0.15, 0.2) is 0 Å². The Labute approximate surface area is 110 Å². The Balaban J connectivity index is 1.73. The van der Waals surface area contributed by atoms with Crippen LogP contribution in [-0.4, -0.2) is 19.6 Å². The first-order valence-electron chi connectivity index (χ1n) is 7.48. The smallest absolute Gasteiger partial charge is 0.0393 e. The number of hydrogen-bond donors (Lipinski definition) is 1. The number of benzene rings is 1. The largest absolute Gasteiger partial charge is 0.385 e. The zero-order valence-electron chi connectivity index (χ0n) is 11.4. The summed E-state index contributed by atoms with van der Waals surface area (Å²) in [5, 5.41) is 3.54. The van der Waals surface area contributed by atoms with Gasteiger partial charge in [-0.05, 0) is 49.3 Å². The minimum Gasteiger partial charge on any atom is -0.385 e. The number of hydrogen-bond acceptors (Lipinski definition) is 2. The first kappa shape index (κ1) is 11.9. The summed E-state index contributed by atoms with van der Waals surface area (Å²) in [6.07, 6.45) is 6.58. The second-order valence-corrected chi connectivity index (χ2v) is 5.71. The van der Waals surface area contributed by atoms with Crippen molar-refractivity contribution in [2.75, 3.05) is 29.9 Å². The fourth-order valence-corrected chi connectivity index (χ4v) is 3.25. The Morgan fingerprint density at radius 2 is 2.11 bits per heavy atom. The van der Waals surface area contributed by atoms with Crippen LogP contribution in [0, 0.1) is 5.92 Å². The van der Waals surface area contributed by atoms with Crippen molar-refractivity contribution in [2.24, 2.45) is 5.92 Å². The highest BCUT2D eigenvalue weighted by atomic mass is 15.1. The number of nitrogens with zero attached hydrogens (tertiary/aromatic N) is 1. The molecule has 0 aliphatic carbocycles. The van der Waals surface area contributed by atoms with Crippen LogP contribution in [0.4, 0.5) is 11.4 Å². The summed E-state index contributed by atoms with van der Waals surface area (Å²) in [4.78, 5) is 2.56. The van der Waals surface area contributed by atoms with Crippen LogP contribution in [0.5, 0.6) is 0 Å². The maximum atomic E-state index is 3.54. The van der Waals surface area contributed by atoms with Gasteiger partial charge in [-0.2, -0.15) is 0 Å². The van der Waals surface area contributed by atoms with Gasteiger partial charge in [0.25, 0.3) is 0 Å². The molecule has 0 bridgehead atoms. The minimum absolute atomic E-state index is 0.956. The summed E-state index contributed by atoms with van der Waals surface area (Å²) in [6, 6.07) is 7.00. The third kappa shape index (κ3) is 2.33. The van der Waals surface area contributed by atoms with E-state index in [1.165, 1.54) is 62.1 Å². The van der Waals surface area contributed by atoms with Gasteiger partial charge >= 0.3 is 0 Å². The van der Waals surface area contributed by atoms with E-state index < -0.39 is 0 Å². The predicted molar refractivity (Wildman–Crippen MR) is 78.5 cm³/mol. The zero-order valence-corrected chi connectivity index (χ0v) is 11.4. The van der Waals surface area contributed by atoms with Crippen molar-refractivity contribution in [3.8, 4) is 0 Å². The maximum Gasteiger partial charge on any atom is 0.0393 e. The number of rotatable bonds is 2. The zero-order chi connectivity index (χ0) is 12.4. The van der Waals surface area contributed by atoms with E-state index in [1.807, 2.05) is 0 Å². The van der Waals surface area contributed by atoms with Crippen molar-refractivity contribution in [1.82, 2.24) is 0 Å². The van der Waals surface area contributed by atoms with Gasteiger partial charge < -0.3 is 10.2 Å². The highest BCUT2D eigenvalue weighted by Gasteiger charge is 2.19. The lowest BCUT2D eigenvalue weighted by atomic mass is 9.94. The molecule has 0 spiro atoms. The van der Waals surface area contributed by atoms with Crippen LogP contribution in [0.25, 0.3) is 0 Å². The highest BCUT2D eigenvalue weighted by molar-refractivity contribution is 5.63. The van der Waals surface area contributed by atoms with E-state index in [4.69, 9.17) is 0 Å². The molecule has 0 atom stereocenters. The van der Waals surface area contributed by atoms with Crippen LogP contribution in [0.2, 0.25) is 0 Å². The Morgan fingerprint density at radius 1 is 1.28 bits per heavy atom. The van der Waals surface area contributed by atoms with E-state index in [1.54, 1.807) is 0 Å². The van der Waals surface area contributed by atoms with Crippen LogP contribution in [0.15, 0.2) is 18.2 Å². The summed E-state index contributed by atoms with van der Waals surface area (Å²) in [5.74, 6) is 0.956. The van der Waals surface area contributed by atoms with E-state index in [0.717, 1.165) is 12.5 Å². The Hall–Kier alpha value is -1.18. The molecule has 0 aromatic heterocycles. The third-order valence-electron chi connectivity index (χ3n) is 4.59. The van der Waals surface area contributed by atoms with Crippen LogP contribution in [0.1, 0.15) is 38.2 Å². The molecule has 18 heavy (non-hydrogen) atoms. The highest BCUT2D eigenvalue weighted by Crippen LogP contribution is 2.30. The molecule has 1 aromatic rings. The summed E-state index contributed by atoms with van der Waals surface area (Å²) in [5.41, 5.74) is 4.28. The Kier molecular flexibility index (Phi) is 3.44. The fraction of sp³-hybridized carbons (Fsp3) is 0.625. The van der Waals surface area contributed by atoms with Gasteiger partial charge in [-0.3, -0.25) is 0 Å². The molecule has 98 valence electrons. The van der Waals surface area contributed by atoms with E-state index in [-0.39, 0.29) is 0 Å². The standard InChI is InChI=1S/C16H24N2/c1-2-13-7-10-18(11-8-13)15-6-5-14-4-3-9-17-16(14)12-15/h5-6,12-13,17H,2-4,7-11H2,1H3. The molecule has 0 amide bonds. The molecular weight excluding hydrogens is 220 g/mol. The molecule has 2 heteroatoms. The molecule has 2 nitrogen and oxygen atoms in total. The third-order valence-corrected chi connectivity index (χ3v) is 4.59. The number of anilines is 2. The maximum absolute atomic E-state index is 3.54. The van der Waals surface area contributed by atoms with Gasteiger partial charge in [-0.15, -0.1) is 0 Å². The van der Waals surface area contributed by atoms with Crippen molar-refractivity contribution >= 4 is 11.4 Å². The Bertz CT molecular complexity index is 406. The van der Waals surface area contributed by atoms with Gasteiger partial charge in [0.1, 0.15) is 0 Å². The predicted octanol–water partition coefficient (Wildman–Crippen LogP) is 3.67. The second-order valence-electron chi connectivity index (χ2n) is 5.71. The monoisotopic (exact) mass is 244 g/mol. The van der Waals surface area contributed by atoms with Gasteiger partial charge in [0.05, 0.1) is 0 Å². The van der Waals surface area contributed by atoms with Crippen molar-refractivity contribution in [3.05, 3.63) is 23.8 Å². The quantitative estimate of drug-likeness (QED) is 0.854. The van der Waals surface area contributed by atoms with E-state index in [2.05, 4.69) is 35.3 Å². The lowest BCUT2D eigenvalue weighted by Gasteiger charge is -2.34. The fourth-order valence-electron chi connectivity index (χ4n) is 3.25. The van der Waals surface area contributed by atoms with Crippen molar-refractivity contribution in [3.63, 3.8) is 0 Å². The molecule has 1 fully saturated rings. The van der Waals surface area contributed by atoms with E-state index in [9.17, 15) is 0 Å². The van der Waals surface area contributed by atoms with Gasteiger partial charge in [0.2, 0.25) is 0 Å². The van der Waals surface area contributed by atoms with Crippen molar-refractivity contribution in [1.29, 1.82) is 0 Å². The van der Waals surface area contributed by atoms with E-state index in [0.29, 0.717) is 0 Å². The molecule has 1 aromatic carbocycles. The van der Waals surface area contributed by atoms with Gasteiger partial charge in [0, 0.05) is 31.0 Å². The second kappa shape index (κ2) is 5.21. The lowest BCUT2D eigenvalue weighted by Crippen LogP contribution is -2.33. The molecule has 0 radical (unpaired) electrons. The molecule has 0 saturated carbocycles. The number of nitrogens with one attached hydrogen (secondary N) is 1. The molecule has 0 unspecified atom stereocenters. The molecule has 1 saturated heterocycles. The summed E-state index contributed by atoms with van der Waals surface area (Å²) < 4.78 is 0. The molecule has 2 aliphatic rings. The normalized spacial score (nSPS) is 20.4. The van der Waals surface area contributed by atoms with Crippen LogP contribution in [0.3, 0.4) is 0 Å². The number of aryl methyl sites for hydroxylation is 1. The topological polar surface area (TPSA) is 15.3 Å². The van der Waals surface area contributed by atoms with Gasteiger partial charge in [-0.1, -0.05) is 19.4 Å². The molecule has 3 rings (SSSR count). The first-order chi connectivity index (χ1) is 8.86. The van der Waals surface area contributed by atoms with Crippen LogP contribution >= 0.6 is 0 Å². The van der Waals surface area contributed by atoms with Crippen LogP contribution in [-0.2, 0) is 6.42 Å². The average Bonchev–Trinajstić information content (AvgIpc) is 2.47. The lowest BCUT2D eigenvalue weighted by molar-refractivity contribution is 0.395.